The second-order valence-electron chi connectivity index (χ2n) is 11.2. The van der Waals surface area contributed by atoms with Crippen molar-refractivity contribution in [2.45, 2.75) is 70.3 Å². The number of aliphatic hydroxyl groups is 1. The molecular weight excluding hydrogens is 414 g/mol. The molecule has 0 radical (unpaired) electrons. The zero-order valence-electron chi connectivity index (χ0n) is 20.0. The molecule has 2 saturated heterocycles. The van der Waals surface area contributed by atoms with Crippen molar-refractivity contribution >= 4 is 11.7 Å². The van der Waals surface area contributed by atoms with Crippen LogP contribution in [-0.2, 0) is 20.7 Å². The maximum Gasteiger partial charge on any atom is 0.235 e. The first-order chi connectivity index (χ1) is 15.6. The fraction of sp³-hybridized carbons (Fsp3) is 0.571. The quantitative estimate of drug-likeness (QED) is 0.411. The first-order valence-corrected chi connectivity index (χ1v) is 12.2. The number of ketones is 1. The molecule has 5 rings (SSSR count). The number of ether oxygens (including phenoxy) is 1. The second-order valence-corrected chi connectivity index (χ2v) is 11.2. The normalized spacial score (nSPS) is 46.6. The van der Waals surface area contributed by atoms with Gasteiger partial charge in [0.2, 0.25) is 5.91 Å². The molecule has 1 saturated carbocycles. The predicted molar refractivity (Wildman–Crippen MR) is 126 cm³/mol. The summed E-state index contributed by atoms with van der Waals surface area (Å²) in [6.07, 6.45) is 9.10. The molecule has 33 heavy (non-hydrogen) atoms. The number of benzene rings is 1. The highest BCUT2D eigenvalue weighted by Gasteiger charge is 2.78. The van der Waals surface area contributed by atoms with Gasteiger partial charge in [0.25, 0.3) is 0 Å². The van der Waals surface area contributed by atoms with Gasteiger partial charge < -0.3 is 15.2 Å². The van der Waals surface area contributed by atoms with E-state index in [1.807, 2.05) is 18.2 Å². The lowest BCUT2D eigenvalue weighted by Crippen LogP contribution is -2.58. The largest absolute Gasteiger partial charge is 0.386 e. The lowest BCUT2D eigenvalue weighted by Gasteiger charge is -2.45. The van der Waals surface area contributed by atoms with Gasteiger partial charge in [0.1, 0.15) is 5.41 Å². The molecule has 2 N–H and O–H groups in total. The first kappa shape index (κ1) is 22.5. The third kappa shape index (κ3) is 3.43. The average Bonchev–Trinajstić information content (AvgIpc) is 3.37. The van der Waals surface area contributed by atoms with E-state index in [9.17, 15) is 14.7 Å². The van der Waals surface area contributed by atoms with Crippen molar-refractivity contribution in [1.29, 1.82) is 0 Å². The first-order valence-electron chi connectivity index (χ1n) is 12.2. The van der Waals surface area contributed by atoms with Crippen molar-refractivity contribution in [3.63, 3.8) is 0 Å². The Morgan fingerprint density at radius 2 is 1.88 bits per heavy atom. The summed E-state index contributed by atoms with van der Waals surface area (Å²) in [5, 5.41) is 14.1. The van der Waals surface area contributed by atoms with Crippen molar-refractivity contribution in [2.75, 3.05) is 0 Å². The molecule has 1 amide bonds. The van der Waals surface area contributed by atoms with E-state index in [2.05, 4.69) is 50.4 Å². The van der Waals surface area contributed by atoms with Crippen LogP contribution in [-0.4, -0.2) is 40.1 Å². The van der Waals surface area contributed by atoms with Gasteiger partial charge in [-0.3, -0.25) is 9.59 Å². The van der Waals surface area contributed by atoms with Crippen molar-refractivity contribution in [2.24, 2.45) is 29.1 Å². The number of fused-ring (bicyclic) bond motifs is 2. The molecule has 9 atom stereocenters. The number of hydrogen-bond donors (Lipinski definition) is 2. The van der Waals surface area contributed by atoms with Gasteiger partial charge >= 0.3 is 0 Å². The fourth-order valence-electron chi connectivity index (χ4n) is 7.04. The molecule has 176 valence electrons. The third-order valence-corrected chi connectivity index (χ3v) is 8.78. The summed E-state index contributed by atoms with van der Waals surface area (Å²) < 4.78 is 6.28. The van der Waals surface area contributed by atoms with Gasteiger partial charge in [0.15, 0.2) is 5.78 Å². The third-order valence-electron chi connectivity index (χ3n) is 8.78. The molecule has 5 nitrogen and oxygen atoms in total. The summed E-state index contributed by atoms with van der Waals surface area (Å²) in [4.78, 5) is 27.9. The summed E-state index contributed by atoms with van der Waals surface area (Å²) in [5.74, 6) is -0.663. The topological polar surface area (TPSA) is 78.9 Å². The van der Waals surface area contributed by atoms with E-state index in [4.69, 9.17) is 4.74 Å². The predicted octanol–water partition coefficient (Wildman–Crippen LogP) is 3.62. The zero-order chi connectivity index (χ0) is 23.6. The van der Waals surface area contributed by atoms with Crippen LogP contribution in [0.2, 0.25) is 0 Å². The van der Waals surface area contributed by atoms with Gasteiger partial charge in [0, 0.05) is 17.9 Å². The minimum absolute atomic E-state index is 0.0294. The number of carbonyl (C=O) groups excluding carboxylic acids is 2. The van der Waals surface area contributed by atoms with E-state index in [1.54, 1.807) is 13.0 Å². The van der Waals surface area contributed by atoms with Crippen LogP contribution < -0.4 is 5.32 Å². The second kappa shape index (κ2) is 7.64. The van der Waals surface area contributed by atoms with Crippen LogP contribution in [0.5, 0.6) is 0 Å². The molecule has 2 heterocycles. The smallest absolute Gasteiger partial charge is 0.235 e. The van der Waals surface area contributed by atoms with Crippen LogP contribution in [0.1, 0.15) is 46.1 Å². The Hall–Kier alpha value is -2.24. The molecule has 5 heteroatoms. The zero-order valence-corrected chi connectivity index (χ0v) is 20.0. The van der Waals surface area contributed by atoms with Crippen LogP contribution in [0.3, 0.4) is 0 Å². The standard InChI is InChI=1S/C28H35NO4/c1-17-9-8-12-20-24-27(4,33-24)18(2)23-21(15-19-10-6-5-7-11-19)29-25(31)28(20,23)22(30)13-14-26(3,32)16-17/h5-8,10-14,17-18,20-21,23-24,32H,9,15-16H2,1-4H3,(H,29,31)/t17-,18-,20-,21-,23-,24-,26+,27+,28+/m0/s1. The number of epoxide rings is 1. The molecule has 0 aromatic heterocycles. The van der Waals surface area contributed by atoms with E-state index >= 15 is 0 Å². The number of nitrogens with one attached hydrogen (secondary N) is 1. The van der Waals surface area contributed by atoms with E-state index in [1.165, 1.54) is 6.08 Å². The molecule has 0 bridgehead atoms. The van der Waals surface area contributed by atoms with Crippen LogP contribution in [0, 0.1) is 29.1 Å². The van der Waals surface area contributed by atoms with Crippen molar-refractivity contribution < 1.29 is 19.4 Å². The highest BCUT2D eigenvalue weighted by atomic mass is 16.6. The van der Waals surface area contributed by atoms with Crippen LogP contribution in [0.4, 0.5) is 0 Å². The Kier molecular flexibility index (Phi) is 5.22. The number of rotatable bonds is 2. The van der Waals surface area contributed by atoms with Crippen LogP contribution in [0.25, 0.3) is 0 Å². The maximum atomic E-state index is 14.0. The minimum Gasteiger partial charge on any atom is -0.386 e. The van der Waals surface area contributed by atoms with Crippen molar-refractivity contribution in [3.05, 3.63) is 60.2 Å². The molecule has 2 aliphatic heterocycles. The number of allylic oxidation sites excluding steroid dienone is 2. The Morgan fingerprint density at radius 3 is 2.61 bits per heavy atom. The monoisotopic (exact) mass is 449 g/mol. The average molecular weight is 450 g/mol. The molecule has 1 aromatic carbocycles. The van der Waals surface area contributed by atoms with E-state index in [-0.39, 0.29) is 53.1 Å². The Morgan fingerprint density at radius 1 is 1.15 bits per heavy atom. The van der Waals surface area contributed by atoms with Gasteiger partial charge in [-0.15, -0.1) is 0 Å². The molecule has 0 unspecified atom stereocenters. The fourth-order valence-corrected chi connectivity index (χ4v) is 7.04. The van der Waals surface area contributed by atoms with Crippen molar-refractivity contribution in [1.82, 2.24) is 5.32 Å². The Labute approximate surface area is 196 Å². The molecule has 1 spiro atoms. The SMILES string of the molecule is C[C@H]1CC=C[C@H]2[C@@H]3O[C@]3(C)[C@@H](C)[C@H]3[C@H](Cc4ccccc4)NC(=O)[C@]32C(=O)C=C[C@@](C)(O)C1. The van der Waals surface area contributed by atoms with E-state index in [0.29, 0.717) is 12.8 Å². The summed E-state index contributed by atoms with van der Waals surface area (Å²) in [6, 6.07) is 9.97. The Bertz CT molecular complexity index is 1010. The van der Waals surface area contributed by atoms with Crippen molar-refractivity contribution in [3.8, 4) is 0 Å². The highest BCUT2D eigenvalue weighted by Crippen LogP contribution is 2.66. The molecular formula is C28H35NO4. The highest BCUT2D eigenvalue weighted by molar-refractivity contribution is 6.13. The summed E-state index contributed by atoms with van der Waals surface area (Å²) >= 11 is 0. The number of carbonyl (C=O) groups is 2. The molecule has 1 aromatic rings. The number of hydrogen-bond acceptors (Lipinski definition) is 4. The molecule has 3 fully saturated rings. The number of amides is 1. The summed E-state index contributed by atoms with van der Waals surface area (Å²) in [6.45, 7) is 8.09. The van der Waals surface area contributed by atoms with Gasteiger partial charge in [-0.05, 0) is 62.7 Å². The van der Waals surface area contributed by atoms with Gasteiger partial charge in [-0.2, -0.15) is 0 Å². The van der Waals surface area contributed by atoms with Gasteiger partial charge in [-0.1, -0.05) is 56.3 Å². The van der Waals surface area contributed by atoms with E-state index in [0.717, 1.165) is 12.0 Å². The van der Waals surface area contributed by atoms with Crippen LogP contribution in [0.15, 0.2) is 54.6 Å². The van der Waals surface area contributed by atoms with Gasteiger partial charge in [0.05, 0.1) is 17.3 Å². The molecule has 4 aliphatic rings. The minimum atomic E-state index is -1.23. The maximum absolute atomic E-state index is 14.0. The summed E-state index contributed by atoms with van der Waals surface area (Å²) in [5.41, 5.74) is -1.53. The Balaban J connectivity index is 1.63. The van der Waals surface area contributed by atoms with E-state index < -0.39 is 11.0 Å². The lowest BCUT2D eigenvalue weighted by molar-refractivity contribution is -0.145. The lowest BCUT2D eigenvalue weighted by atomic mass is 9.51. The summed E-state index contributed by atoms with van der Waals surface area (Å²) in [7, 11) is 0. The van der Waals surface area contributed by atoms with Gasteiger partial charge in [-0.25, -0.2) is 0 Å². The van der Waals surface area contributed by atoms with Crippen LogP contribution >= 0.6 is 0 Å². The molecule has 2 aliphatic carbocycles.